The van der Waals surface area contributed by atoms with E-state index < -0.39 is 0 Å². The van der Waals surface area contributed by atoms with Crippen LogP contribution in [0.4, 0.5) is 0 Å². The molecule has 1 aliphatic rings. The molecule has 0 aromatic carbocycles. The van der Waals surface area contributed by atoms with Crippen molar-refractivity contribution in [3.8, 4) is 23.5 Å². The molecule has 7 nitrogen and oxygen atoms in total. The molecule has 0 saturated heterocycles. The van der Waals surface area contributed by atoms with E-state index in [0.29, 0.717) is 37.3 Å². The van der Waals surface area contributed by atoms with Gasteiger partial charge in [-0.15, -0.1) is 5.10 Å². The van der Waals surface area contributed by atoms with Crippen LogP contribution in [-0.2, 0) is 17.6 Å². The Bertz CT molecular complexity index is 718. The Hall–Kier alpha value is -2.59. The van der Waals surface area contributed by atoms with Gasteiger partial charge in [-0.3, -0.25) is 0 Å². The first-order valence-electron chi connectivity index (χ1n) is 6.56. The fourth-order valence-electron chi connectivity index (χ4n) is 2.44. The monoisotopic (exact) mass is 286 g/mol. The first kappa shape index (κ1) is 13.4. The standard InChI is InChI=1S/C14H14N4O3/c1-20-14-9(7-15)6-10(8-16-14)18-12-3-5-21-4-2-11(12)13(19)17-18/h6,8H,2-5H2,1H3,(H,17,19). The topological polar surface area (TPSA) is 93.2 Å². The number of aromatic nitrogens is 3. The number of nitrogens with zero attached hydrogens (tertiary/aromatic N) is 4. The van der Waals surface area contributed by atoms with E-state index in [0.717, 1.165) is 11.3 Å². The van der Waals surface area contributed by atoms with Crippen molar-refractivity contribution in [2.24, 2.45) is 0 Å². The number of hydrogen-bond acceptors (Lipinski definition) is 6. The van der Waals surface area contributed by atoms with Crippen molar-refractivity contribution in [1.29, 1.82) is 5.26 Å². The Balaban J connectivity index is 2.11. The Morgan fingerprint density at radius 3 is 3.00 bits per heavy atom. The lowest BCUT2D eigenvalue weighted by Crippen LogP contribution is -2.06. The number of methoxy groups -OCH3 is 1. The molecule has 3 rings (SSSR count). The first-order chi connectivity index (χ1) is 10.2. The minimum atomic E-state index is 0.00447. The van der Waals surface area contributed by atoms with E-state index in [9.17, 15) is 5.11 Å². The highest BCUT2D eigenvalue weighted by atomic mass is 16.5. The summed E-state index contributed by atoms with van der Waals surface area (Å²) in [7, 11) is 1.46. The van der Waals surface area contributed by atoms with Crippen molar-refractivity contribution < 1.29 is 14.6 Å². The molecule has 0 fully saturated rings. The number of pyridine rings is 1. The van der Waals surface area contributed by atoms with Gasteiger partial charge in [0.2, 0.25) is 11.8 Å². The minimum absolute atomic E-state index is 0.00447. The van der Waals surface area contributed by atoms with Gasteiger partial charge in [-0.25, -0.2) is 9.67 Å². The summed E-state index contributed by atoms with van der Waals surface area (Å²) in [4.78, 5) is 4.11. The molecule has 0 unspecified atom stereocenters. The minimum Gasteiger partial charge on any atom is -0.492 e. The van der Waals surface area contributed by atoms with Crippen molar-refractivity contribution in [3.05, 3.63) is 29.1 Å². The average molecular weight is 286 g/mol. The van der Waals surface area contributed by atoms with Crippen molar-refractivity contribution in [2.45, 2.75) is 12.8 Å². The van der Waals surface area contributed by atoms with Gasteiger partial charge >= 0.3 is 0 Å². The molecule has 0 amide bonds. The van der Waals surface area contributed by atoms with Crippen LogP contribution in [0.25, 0.3) is 5.69 Å². The van der Waals surface area contributed by atoms with Crippen molar-refractivity contribution >= 4 is 0 Å². The van der Waals surface area contributed by atoms with Crippen LogP contribution in [0.15, 0.2) is 12.3 Å². The number of fused-ring (bicyclic) bond motifs is 1. The van der Waals surface area contributed by atoms with Gasteiger partial charge in [-0.2, -0.15) is 5.26 Å². The van der Waals surface area contributed by atoms with Crippen LogP contribution in [0.3, 0.4) is 0 Å². The molecular formula is C14H14N4O3. The quantitative estimate of drug-likeness (QED) is 0.884. The second-order valence-electron chi connectivity index (χ2n) is 4.64. The molecule has 1 aliphatic heterocycles. The Kier molecular flexibility index (Phi) is 3.46. The highest BCUT2D eigenvalue weighted by Crippen LogP contribution is 2.27. The second kappa shape index (κ2) is 5.42. The molecule has 2 aromatic heterocycles. The summed E-state index contributed by atoms with van der Waals surface area (Å²) in [5.41, 5.74) is 2.62. The van der Waals surface area contributed by atoms with Gasteiger partial charge in [0, 0.05) is 18.4 Å². The molecule has 0 atom stereocenters. The Morgan fingerprint density at radius 1 is 1.43 bits per heavy atom. The van der Waals surface area contributed by atoms with Gasteiger partial charge in [0.15, 0.2) is 0 Å². The molecule has 0 bridgehead atoms. The summed E-state index contributed by atoms with van der Waals surface area (Å²) in [6.45, 7) is 1.14. The lowest BCUT2D eigenvalue weighted by molar-refractivity contribution is 0.145. The molecule has 0 radical (unpaired) electrons. The third kappa shape index (κ3) is 2.30. The van der Waals surface area contributed by atoms with Gasteiger partial charge in [-0.1, -0.05) is 0 Å². The number of nitriles is 1. The maximum absolute atomic E-state index is 9.99. The van der Waals surface area contributed by atoms with E-state index >= 15 is 0 Å². The molecule has 21 heavy (non-hydrogen) atoms. The molecule has 7 heteroatoms. The van der Waals surface area contributed by atoms with Crippen LogP contribution >= 0.6 is 0 Å². The molecule has 0 aliphatic carbocycles. The number of hydrogen-bond donors (Lipinski definition) is 1. The lowest BCUT2D eigenvalue weighted by Gasteiger charge is -2.08. The maximum Gasteiger partial charge on any atom is 0.234 e. The Labute approximate surface area is 121 Å². The number of aromatic hydroxyl groups is 1. The fourth-order valence-corrected chi connectivity index (χ4v) is 2.44. The normalized spacial score (nSPS) is 14.1. The second-order valence-corrected chi connectivity index (χ2v) is 4.64. The molecule has 0 saturated carbocycles. The van der Waals surface area contributed by atoms with Crippen LogP contribution < -0.4 is 4.74 Å². The van der Waals surface area contributed by atoms with E-state index in [1.165, 1.54) is 7.11 Å². The van der Waals surface area contributed by atoms with Gasteiger partial charge in [0.25, 0.3) is 0 Å². The van der Waals surface area contributed by atoms with E-state index in [-0.39, 0.29) is 11.8 Å². The SMILES string of the molecule is COc1ncc(-n2nc(O)c3c2CCOCC3)cc1C#N. The fraction of sp³-hybridized carbons (Fsp3) is 0.357. The van der Waals surface area contributed by atoms with Gasteiger partial charge in [-0.05, 0) is 6.07 Å². The van der Waals surface area contributed by atoms with Crippen LogP contribution in [0.1, 0.15) is 16.8 Å². The Morgan fingerprint density at radius 2 is 2.24 bits per heavy atom. The van der Waals surface area contributed by atoms with E-state index in [4.69, 9.17) is 14.7 Å². The highest BCUT2D eigenvalue weighted by molar-refractivity contribution is 5.47. The predicted molar refractivity (Wildman–Crippen MR) is 72.5 cm³/mol. The molecule has 0 spiro atoms. The molecule has 1 N–H and O–H groups in total. The summed E-state index contributed by atoms with van der Waals surface area (Å²) < 4.78 is 12.1. The zero-order valence-corrected chi connectivity index (χ0v) is 11.5. The first-order valence-corrected chi connectivity index (χ1v) is 6.56. The van der Waals surface area contributed by atoms with Crippen LogP contribution in [0, 0.1) is 11.3 Å². The molecule has 2 aromatic rings. The lowest BCUT2D eigenvalue weighted by atomic mass is 10.1. The van der Waals surface area contributed by atoms with Crippen molar-refractivity contribution in [1.82, 2.24) is 14.8 Å². The summed E-state index contributed by atoms with van der Waals surface area (Å²) in [6, 6.07) is 3.68. The molecule has 3 heterocycles. The summed E-state index contributed by atoms with van der Waals surface area (Å²) in [5.74, 6) is 0.275. The summed E-state index contributed by atoms with van der Waals surface area (Å²) in [5, 5.41) is 23.3. The molecule has 108 valence electrons. The highest BCUT2D eigenvalue weighted by Gasteiger charge is 2.21. The zero-order chi connectivity index (χ0) is 14.8. The van der Waals surface area contributed by atoms with Gasteiger partial charge < -0.3 is 14.6 Å². The number of ether oxygens (including phenoxy) is 2. The maximum atomic E-state index is 9.99. The van der Waals surface area contributed by atoms with Crippen molar-refractivity contribution in [3.63, 3.8) is 0 Å². The van der Waals surface area contributed by atoms with Crippen LogP contribution in [-0.4, -0.2) is 40.2 Å². The van der Waals surface area contributed by atoms with E-state index in [2.05, 4.69) is 10.1 Å². The van der Waals surface area contributed by atoms with Crippen LogP contribution in [0.2, 0.25) is 0 Å². The van der Waals surface area contributed by atoms with Crippen LogP contribution in [0.5, 0.6) is 11.8 Å². The summed E-state index contributed by atoms with van der Waals surface area (Å²) in [6.07, 6.45) is 2.84. The summed E-state index contributed by atoms with van der Waals surface area (Å²) >= 11 is 0. The smallest absolute Gasteiger partial charge is 0.234 e. The third-order valence-corrected chi connectivity index (χ3v) is 3.44. The average Bonchev–Trinajstić information content (AvgIpc) is 2.70. The number of rotatable bonds is 2. The molecular weight excluding hydrogens is 272 g/mol. The zero-order valence-electron chi connectivity index (χ0n) is 11.5. The third-order valence-electron chi connectivity index (χ3n) is 3.44. The van der Waals surface area contributed by atoms with Gasteiger partial charge in [0.05, 0.1) is 37.9 Å². The predicted octanol–water partition coefficient (Wildman–Crippen LogP) is 0.968. The van der Waals surface area contributed by atoms with Crippen molar-refractivity contribution in [2.75, 3.05) is 20.3 Å². The largest absolute Gasteiger partial charge is 0.492 e. The van der Waals surface area contributed by atoms with E-state index in [1.54, 1.807) is 16.9 Å². The van der Waals surface area contributed by atoms with Gasteiger partial charge in [0.1, 0.15) is 11.6 Å². The van der Waals surface area contributed by atoms with E-state index in [1.807, 2.05) is 6.07 Å².